The number of benzene rings is 1. The van der Waals surface area contributed by atoms with Crippen molar-refractivity contribution in [3.05, 3.63) is 39.7 Å². The van der Waals surface area contributed by atoms with Gasteiger partial charge in [-0.3, -0.25) is 4.79 Å². The Morgan fingerprint density at radius 1 is 1.24 bits per heavy atom. The first-order valence-electron chi connectivity index (χ1n) is 9.58. The summed E-state index contributed by atoms with van der Waals surface area (Å²) in [6, 6.07) is 5.77. The molecule has 0 spiro atoms. The van der Waals surface area contributed by atoms with Crippen molar-refractivity contribution < 1.29 is 9.64 Å². The first kappa shape index (κ1) is 19.5. The molecule has 0 saturated heterocycles. The van der Waals surface area contributed by atoms with Gasteiger partial charge in [0.1, 0.15) is 12.3 Å². The number of H-pyrrole nitrogens is 1. The van der Waals surface area contributed by atoms with Gasteiger partial charge in [-0.05, 0) is 44.4 Å². The lowest BCUT2D eigenvalue weighted by Crippen LogP contribution is -3.10. The fourth-order valence-corrected chi connectivity index (χ4v) is 3.06. The van der Waals surface area contributed by atoms with Crippen LogP contribution in [0.2, 0.25) is 0 Å². The van der Waals surface area contributed by atoms with E-state index < -0.39 is 0 Å². The molecule has 138 valence electrons. The lowest BCUT2D eigenvalue weighted by Gasteiger charge is -2.18. The number of pyridine rings is 1. The quantitative estimate of drug-likeness (QED) is 0.734. The van der Waals surface area contributed by atoms with Crippen molar-refractivity contribution in [3.8, 4) is 5.75 Å². The first-order chi connectivity index (χ1) is 12.0. The molecule has 2 aromatic rings. The Hall–Kier alpha value is -1.81. The third kappa shape index (κ3) is 5.08. The van der Waals surface area contributed by atoms with Gasteiger partial charge in [0.2, 0.25) is 0 Å². The van der Waals surface area contributed by atoms with Crippen LogP contribution in [0, 0.1) is 12.8 Å². The van der Waals surface area contributed by atoms with E-state index in [0.29, 0.717) is 12.5 Å². The molecule has 1 aromatic carbocycles. The number of quaternary nitrogens is 1. The molecule has 1 unspecified atom stereocenters. The van der Waals surface area contributed by atoms with E-state index in [4.69, 9.17) is 4.74 Å². The van der Waals surface area contributed by atoms with Crippen LogP contribution in [0.15, 0.2) is 23.0 Å². The molecule has 0 aliphatic heterocycles. The summed E-state index contributed by atoms with van der Waals surface area (Å²) in [5.74, 6) is 1.23. The minimum Gasteiger partial charge on any atom is -0.493 e. The monoisotopic (exact) mass is 345 g/mol. The summed E-state index contributed by atoms with van der Waals surface area (Å²) < 4.78 is 5.80. The van der Waals surface area contributed by atoms with Crippen molar-refractivity contribution >= 4 is 10.9 Å². The number of fused-ring (bicyclic) bond motifs is 1. The van der Waals surface area contributed by atoms with Gasteiger partial charge < -0.3 is 14.6 Å². The van der Waals surface area contributed by atoms with E-state index in [9.17, 15) is 4.79 Å². The molecule has 4 heteroatoms. The highest BCUT2D eigenvalue weighted by Crippen LogP contribution is 2.19. The van der Waals surface area contributed by atoms with E-state index in [-0.39, 0.29) is 5.43 Å². The fraction of sp³-hybridized carbons (Fsp3) is 0.571. The second kappa shape index (κ2) is 9.04. The number of hydrogen-bond acceptors (Lipinski definition) is 2. The van der Waals surface area contributed by atoms with Gasteiger partial charge in [-0.1, -0.05) is 27.2 Å². The van der Waals surface area contributed by atoms with Crippen molar-refractivity contribution in [2.24, 2.45) is 5.92 Å². The Bertz CT molecular complexity index is 749. The third-order valence-electron chi connectivity index (χ3n) is 4.68. The zero-order valence-corrected chi connectivity index (χ0v) is 16.4. The van der Waals surface area contributed by atoms with Gasteiger partial charge in [-0.25, -0.2) is 0 Å². The number of aromatic amines is 1. The summed E-state index contributed by atoms with van der Waals surface area (Å²) in [6.07, 6.45) is 2.38. The Kier molecular flexibility index (Phi) is 7.06. The van der Waals surface area contributed by atoms with Crippen LogP contribution in [0.3, 0.4) is 0 Å². The van der Waals surface area contributed by atoms with E-state index in [1.165, 1.54) is 17.7 Å². The summed E-state index contributed by atoms with van der Waals surface area (Å²) in [6.45, 7) is 14.2. The smallest absolute Gasteiger partial charge is 0.198 e. The van der Waals surface area contributed by atoms with Crippen LogP contribution in [0.4, 0.5) is 0 Å². The summed E-state index contributed by atoms with van der Waals surface area (Å²) in [5, 5.41) is 0.729. The van der Waals surface area contributed by atoms with Crippen LogP contribution >= 0.6 is 0 Å². The zero-order valence-electron chi connectivity index (χ0n) is 16.4. The molecule has 2 N–H and O–H groups in total. The summed E-state index contributed by atoms with van der Waals surface area (Å²) in [7, 11) is 0. The number of unbranched alkanes of at least 4 members (excludes halogenated alkanes) is 1. The first-order valence-corrected chi connectivity index (χ1v) is 9.58. The number of rotatable bonds is 9. The molecule has 1 heterocycles. The summed E-state index contributed by atoms with van der Waals surface area (Å²) >= 11 is 0. The molecule has 0 radical (unpaired) electrons. The highest BCUT2D eigenvalue weighted by molar-refractivity contribution is 5.81. The van der Waals surface area contributed by atoms with E-state index >= 15 is 0 Å². The van der Waals surface area contributed by atoms with Gasteiger partial charge in [-0.2, -0.15) is 0 Å². The predicted molar refractivity (Wildman–Crippen MR) is 105 cm³/mol. The standard InChI is InChI=1S/C21H32N2O2/c1-6-8-11-23(7-2)13-19-16(5)22-20-10-9-17(25-14-15(3)4)12-18(20)21(19)24/h9-10,12,15H,6-8,11,13-14H2,1-5H3,(H,22,24)/p+1. The molecule has 0 saturated carbocycles. The largest absolute Gasteiger partial charge is 0.493 e. The average molecular weight is 346 g/mol. The van der Waals surface area contributed by atoms with Crippen LogP contribution in [0.5, 0.6) is 5.75 Å². The SMILES string of the molecule is CCCC[NH+](CC)Cc1c(C)[nH]c2ccc(OCC(C)C)cc2c1=O. The number of ether oxygens (including phenoxy) is 1. The van der Waals surface area contributed by atoms with E-state index in [2.05, 4.69) is 32.7 Å². The van der Waals surface area contributed by atoms with Crippen molar-refractivity contribution in [2.75, 3.05) is 19.7 Å². The molecule has 2 rings (SSSR count). The topological polar surface area (TPSA) is 46.5 Å². The minimum atomic E-state index is 0.142. The predicted octanol–water partition coefficient (Wildman–Crippen LogP) is 3.08. The molecule has 0 aliphatic rings. The average Bonchev–Trinajstić information content (AvgIpc) is 2.59. The maximum Gasteiger partial charge on any atom is 0.198 e. The van der Waals surface area contributed by atoms with Crippen molar-refractivity contribution in [1.29, 1.82) is 0 Å². The summed E-state index contributed by atoms with van der Waals surface area (Å²) in [4.78, 5) is 17.9. The number of hydrogen-bond donors (Lipinski definition) is 2. The lowest BCUT2D eigenvalue weighted by molar-refractivity contribution is -0.912. The Morgan fingerprint density at radius 3 is 2.64 bits per heavy atom. The lowest BCUT2D eigenvalue weighted by atomic mass is 10.1. The normalized spacial score (nSPS) is 12.7. The third-order valence-corrected chi connectivity index (χ3v) is 4.68. The van der Waals surface area contributed by atoms with E-state index in [1.807, 2.05) is 25.1 Å². The van der Waals surface area contributed by atoms with Crippen molar-refractivity contribution in [3.63, 3.8) is 0 Å². The number of aryl methyl sites for hydroxylation is 1. The van der Waals surface area contributed by atoms with E-state index in [0.717, 1.165) is 47.5 Å². The number of nitrogens with one attached hydrogen (secondary N) is 2. The number of aromatic nitrogens is 1. The zero-order chi connectivity index (χ0) is 18.4. The molecule has 0 aliphatic carbocycles. The minimum absolute atomic E-state index is 0.142. The van der Waals surface area contributed by atoms with Gasteiger partial charge in [0.05, 0.1) is 25.3 Å². The molecular formula is C21H33N2O2+. The highest BCUT2D eigenvalue weighted by atomic mass is 16.5. The van der Waals surface area contributed by atoms with Crippen molar-refractivity contribution in [1.82, 2.24) is 4.98 Å². The van der Waals surface area contributed by atoms with E-state index in [1.54, 1.807) is 0 Å². The molecule has 0 amide bonds. The maximum atomic E-state index is 13.1. The second-order valence-electron chi connectivity index (χ2n) is 7.35. The van der Waals surface area contributed by atoms with Gasteiger partial charge in [0.15, 0.2) is 5.43 Å². The highest BCUT2D eigenvalue weighted by Gasteiger charge is 2.15. The van der Waals surface area contributed by atoms with Gasteiger partial charge in [0.25, 0.3) is 0 Å². The Labute approximate surface area is 151 Å². The molecule has 0 fully saturated rings. The van der Waals surface area contributed by atoms with Crippen LogP contribution in [0.25, 0.3) is 10.9 Å². The molecular weight excluding hydrogens is 312 g/mol. The fourth-order valence-electron chi connectivity index (χ4n) is 3.06. The second-order valence-corrected chi connectivity index (χ2v) is 7.35. The molecule has 25 heavy (non-hydrogen) atoms. The van der Waals surface area contributed by atoms with Crippen LogP contribution < -0.4 is 15.1 Å². The van der Waals surface area contributed by atoms with Crippen LogP contribution in [-0.4, -0.2) is 24.7 Å². The maximum absolute atomic E-state index is 13.1. The van der Waals surface area contributed by atoms with Gasteiger partial charge in [0, 0.05) is 16.6 Å². The summed E-state index contributed by atoms with van der Waals surface area (Å²) in [5.41, 5.74) is 2.91. The molecule has 0 bridgehead atoms. The van der Waals surface area contributed by atoms with Gasteiger partial charge >= 0.3 is 0 Å². The van der Waals surface area contributed by atoms with Crippen molar-refractivity contribution in [2.45, 2.75) is 54.0 Å². The molecule has 1 aromatic heterocycles. The Morgan fingerprint density at radius 2 is 2.00 bits per heavy atom. The van der Waals surface area contributed by atoms with Crippen LogP contribution in [0.1, 0.15) is 51.8 Å². The molecule has 4 nitrogen and oxygen atoms in total. The van der Waals surface area contributed by atoms with Gasteiger partial charge in [-0.15, -0.1) is 0 Å². The van der Waals surface area contributed by atoms with Crippen LogP contribution in [-0.2, 0) is 6.54 Å². The molecule has 1 atom stereocenters. The Balaban J connectivity index is 2.35.